The minimum absolute atomic E-state index is 0.0549. The number of halogens is 2. The first-order chi connectivity index (χ1) is 14.4. The quantitative estimate of drug-likeness (QED) is 0.660. The molecule has 1 saturated heterocycles. The van der Waals surface area contributed by atoms with E-state index in [1.165, 1.54) is 11.1 Å². The minimum Gasteiger partial charge on any atom is -0.396 e. The van der Waals surface area contributed by atoms with Gasteiger partial charge in [0.05, 0.1) is 29.6 Å². The van der Waals surface area contributed by atoms with Crippen LogP contribution in [-0.4, -0.2) is 42.2 Å². The minimum atomic E-state index is -0.795. The molecule has 2 aromatic rings. The second-order valence-corrected chi connectivity index (χ2v) is 8.62. The van der Waals surface area contributed by atoms with Crippen LogP contribution in [0.4, 0.5) is 0 Å². The summed E-state index contributed by atoms with van der Waals surface area (Å²) in [5, 5.41) is 10.6. The summed E-state index contributed by atoms with van der Waals surface area (Å²) >= 11 is 12.3. The number of aliphatic hydroxyl groups excluding tert-OH is 1. The molecule has 6 heteroatoms. The maximum Gasteiger partial charge on any atom is 0.227 e. The normalized spacial score (nSPS) is 19.2. The Morgan fingerprint density at radius 3 is 2.33 bits per heavy atom. The summed E-state index contributed by atoms with van der Waals surface area (Å²) in [5.74, 6) is 0.0657. The molecule has 0 radical (unpaired) electrons. The van der Waals surface area contributed by atoms with Crippen LogP contribution in [-0.2, 0) is 34.4 Å². The van der Waals surface area contributed by atoms with Crippen LogP contribution in [0.15, 0.2) is 36.4 Å². The van der Waals surface area contributed by atoms with Crippen molar-refractivity contribution >= 4 is 29.1 Å². The van der Waals surface area contributed by atoms with Crippen molar-refractivity contribution in [2.24, 2.45) is 0 Å². The third kappa shape index (κ3) is 5.17. The van der Waals surface area contributed by atoms with Crippen molar-refractivity contribution in [3.05, 3.63) is 68.7 Å². The third-order valence-corrected chi connectivity index (χ3v) is 6.52. The number of benzene rings is 2. The average molecular weight is 450 g/mol. The van der Waals surface area contributed by atoms with E-state index in [0.29, 0.717) is 42.6 Å². The molecule has 4 nitrogen and oxygen atoms in total. The first-order valence-electron chi connectivity index (χ1n) is 10.5. The van der Waals surface area contributed by atoms with Gasteiger partial charge in [-0.2, -0.15) is 0 Å². The van der Waals surface area contributed by atoms with E-state index in [1.54, 1.807) is 12.1 Å². The number of aliphatic hydroxyl groups is 1. The summed E-state index contributed by atoms with van der Waals surface area (Å²) in [6.45, 7) is 5.51. The van der Waals surface area contributed by atoms with Crippen LogP contribution in [0.1, 0.15) is 42.5 Å². The van der Waals surface area contributed by atoms with Crippen molar-refractivity contribution < 1.29 is 14.6 Å². The van der Waals surface area contributed by atoms with Gasteiger partial charge < -0.3 is 14.7 Å². The lowest BCUT2D eigenvalue weighted by molar-refractivity contribution is -0.155. The Balaban J connectivity index is 1.82. The molecule has 1 aliphatic rings. The van der Waals surface area contributed by atoms with Crippen LogP contribution >= 0.6 is 23.2 Å². The van der Waals surface area contributed by atoms with Crippen LogP contribution in [0.5, 0.6) is 0 Å². The molecular formula is C24H29Cl2NO3. The van der Waals surface area contributed by atoms with Gasteiger partial charge in [0.1, 0.15) is 5.60 Å². The number of nitrogens with zero attached hydrogens (tertiary/aromatic N) is 1. The lowest BCUT2D eigenvalue weighted by Crippen LogP contribution is -2.52. The molecule has 0 bridgehead atoms. The molecule has 0 aliphatic carbocycles. The Morgan fingerprint density at radius 2 is 1.73 bits per heavy atom. The summed E-state index contributed by atoms with van der Waals surface area (Å²) in [7, 11) is 0. The van der Waals surface area contributed by atoms with Crippen LogP contribution in [0, 0.1) is 0 Å². The Kier molecular flexibility index (Phi) is 7.81. The number of morpholine rings is 1. The van der Waals surface area contributed by atoms with E-state index < -0.39 is 5.60 Å². The van der Waals surface area contributed by atoms with Crippen molar-refractivity contribution in [1.82, 2.24) is 4.90 Å². The number of carbonyl (C=O) groups excluding carboxylic acids is 1. The largest absolute Gasteiger partial charge is 0.396 e. The van der Waals surface area contributed by atoms with E-state index in [2.05, 4.69) is 32.0 Å². The van der Waals surface area contributed by atoms with Crippen LogP contribution < -0.4 is 0 Å². The fourth-order valence-electron chi connectivity index (χ4n) is 4.06. The van der Waals surface area contributed by atoms with Gasteiger partial charge in [0.2, 0.25) is 5.91 Å². The van der Waals surface area contributed by atoms with E-state index in [9.17, 15) is 9.90 Å². The molecule has 162 valence electrons. The Bertz CT molecular complexity index is 876. The van der Waals surface area contributed by atoms with Gasteiger partial charge >= 0.3 is 0 Å². The number of hydrogen-bond acceptors (Lipinski definition) is 3. The molecule has 0 aromatic heterocycles. The van der Waals surface area contributed by atoms with Gasteiger partial charge in [-0.25, -0.2) is 0 Å². The molecule has 1 unspecified atom stereocenters. The predicted octanol–water partition coefficient (Wildman–Crippen LogP) is 4.80. The lowest BCUT2D eigenvalue weighted by Gasteiger charge is -2.43. The predicted molar refractivity (Wildman–Crippen MR) is 121 cm³/mol. The molecule has 2 aromatic carbocycles. The Morgan fingerprint density at radius 1 is 1.07 bits per heavy atom. The highest BCUT2D eigenvalue weighted by atomic mass is 35.5. The highest BCUT2D eigenvalue weighted by molar-refractivity contribution is 6.42. The van der Waals surface area contributed by atoms with Crippen molar-refractivity contribution in [2.45, 2.75) is 45.1 Å². The zero-order chi connectivity index (χ0) is 21.7. The average Bonchev–Trinajstić information content (AvgIpc) is 2.75. The molecule has 3 rings (SSSR count). The molecule has 1 aliphatic heterocycles. The van der Waals surface area contributed by atoms with Gasteiger partial charge in [-0.05, 0) is 47.2 Å². The molecule has 0 saturated carbocycles. The van der Waals surface area contributed by atoms with Gasteiger partial charge in [-0.3, -0.25) is 4.79 Å². The lowest BCUT2D eigenvalue weighted by atomic mass is 9.88. The fraction of sp³-hybridized carbons (Fsp3) is 0.458. The van der Waals surface area contributed by atoms with Crippen LogP contribution in [0.2, 0.25) is 10.0 Å². The second-order valence-electron chi connectivity index (χ2n) is 7.80. The van der Waals surface area contributed by atoms with E-state index >= 15 is 0 Å². The highest BCUT2D eigenvalue weighted by Crippen LogP contribution is 2.36. The van der Waals surface area contributed by atoms with Crippen molar-refractivity contribution in [3.63, 3.8) is 0 Å². The molecule has 1 heterocycles. The van der Waals surface area contributed by atoms with Gasteiger partial charge in [0.15, 0.2) is 0 Å². The summed E-state index contributed by atoms with van der Waals surface area (Å²) in [5.41, 5.74) is 3.58. The monoisotopic (exact) mass is 449 g/mol. The number of aryl methyl sites for hydroxylation is 2. The first kappa shape index (κ1) is 23.1. The van der Waals surface area contributed by atoms with E-state index in [-0.39, 0.29) is 12.5 Å². The summed E-state index contributed by atoms with van der Waals surface area (Å²) in [6.07, 6.45) is 2.63. The van der Waals surface area contributed by atoms with E-state index in [1.807, 2.05) is 11.0 Å². The summed E-state index contributed by atoms with van der Waals surface area (Å²) < 4.78 is 6.13. The summed E-state index contributed by atoms with van der Waals surface area (Å²) in [4.78, 5) is 15.0. The molecule has 1 fully saturated rings. The molecule has 30 heavy (non-hydrogen) atoms. The van der Waals surface area contributed by atoms with Crippen LogP contribution in [0.3, 0.4) is 0 Å². The van der Waals surface area contributed by atoms with E-state index in [4.69, 9.17) is 27.9 Å². The van der Waals surface area contributed by atoms with Crippen molar-refractivity contribution in [2.75, 3.05) is 26.3 Å². The molecule has 1 amide bonds. The van der Waals surface area contributed by atoms with Gasteiger partial charge in [-0.1, -0.05) is 61.3 Å². The molecule has 1 N–H and O–H groups in total. The topological polar surface area (TPSA) is 49.8 Å². The number of rotatable bonds is 7. The second kappa shape index (κ2) is 10.1. The number of amides is 1. The zero-order valence-corrected chi connectivity index (χ0v) is 19.1. The zero-order valence-electron chi connectivity index (χ0n) is 17.6. The van der Waals surface area contributed by atoms with Crippen LogP contribution in [0.25, 0.3) is 0 Å². The molecular weight excluding hydrogens is 421 g/mol. The number of carbonyl (C=O) groups is 1. The molecule has 0 spiro atoms. The maximum absolute atomic E-state index is 13.2. The third-order valence-electron chi connectivity index (χ3n) is 5.78. The van der Waals surface area contributed by atoms with Gasteiger partial charge in [-0.15, -0.1) is 0 Å². The van der Waals surface area contributed by atoms with Gasteiger partial charge in [0.25, 0.3) is 0 Å². The van der Waals surface area contributed by atoms with Crippen molar-refractivity contribution in [1.29, 1.82) is 0 Å². The Hall–Kier alpha value is -1.59. The Labute approximate surface area is 188 Å². The number of hydrogen-bond donors (Lipinski definition) is 1. The standard InChI is InChI=1S/C24H29Cl2NO3/c1-3-17-11-18(4-2)13-19(12-17)14-23(29)27-8-10-30-24(16-27,7-9-28)20-5-6-21(25)22(26)15-20/h5-6,11-13,15,28H,3-4,7-10,14,16H2,1-2H3. The SMILES string of the molecule is CCc1cc(CC)cc(CC(=O)N2CCOC(CCO)(c3ccc(Cl)c(Cl)c3)C2)c1. The van der Waals surface area contributed by atoms with Crippen molar-refractivity contribution in [3.8, 4) is 0 Å². The highest BCUT2D eigenvalue weighted by Gasteiger charge is 2.39. The first-order valence-corrected chi connectivity index (χ1v) is 11.3. The van der Waals surface area contributed by atoms with E-state index in [0.717, 1.165) is 24.0 Å². The van der Waals surface area contributed by atoms with Gasteiger partial charge in [0, 0.05) is 19.6 Å². The maximum atomic E-state index is 13.2. The number of ether oxygens (including phenoxy) is 1. The fourth-order valence-corrected chi connectivity index (χ4v) is 4.36. The summed E-state index contributed by atoms with van der Waals surface area (Å²) in [6, 6.07) is 11.8. The molecule has 1 atom stereocenters. The smallest absolute Gasteiger partial charge is 0.227 e.